The summed E-state index contributed by atoms with van der Waals surface area (Å²) in [6.45, 7) is 0.409. The largest absolute Gasteiger partial charge is 0.433 e. The van der Waals surface area contributed by atoms with Gasteiger partial charge in [-0.2, -0.15) is 0 Å². The van der Waals surface area contributed by atoms with E-state index < -0.39 is 48.1 Å². The zero-order valence-electron chi connectivity index (χ0n) is 21.6. The number of carbonyl (C=O) groups is 5. The predicted octanol–water partition coefficient (Wildman–Crippen LogP) is 1.94. The van der Waals surface area contributed by atoms with E-state index in [1.54, 1.807) is 54.6 Å². The average molecular weight is 569 g/mol. The lowest BCUT2D eigenvalue weighted by atomic mass is 10.0. The lowest BCUT2D eigenvalue weighted by Gasteiger charge is -2.43. The maximum atomic E-state index is 13.7. The number of amides is 4. The summed E-state index contributed by atoms with van der Waals surface area (Å²) < 4.78 is 11.1. The van der Waals surface area contributed by atoms with E-state index in [0.29, 0.717) is 23.4 Å². The Morgan fingerprint density at radius 1 is 1.00 bits per heavy atom. The highest BCUT2D eigenvalue weighted by molar-refractivity contribution is 6.30. The number of esters is 1. The number of rotatable bonds is 7. The minimum Gasteiger partial charge on any atom is -0.433 e. The normalized spacial score (nSPS) is 24.7. The molecule has 0 aromatic heterocycles. The number of carbonyl (C=O) groups excluding carboxylic acids is 5. The van der Waals surface area contributed by atoms with Gasteiger partial charge >= 0.3 is 5.97 Å². The van der Waals surface area contributed by atoms with E-state index in [4.69, 9.17) is 21.1 Å². The minimum atomic E-state index is -1.02. The summed E-state index contributed by atoms with van der Waals surface area (Å²) in [6, 6.07) is 12.7. The van der Waals surface area contributed by atoms with Crippen molar-refractivity contribution in [1.82, 2.24) is 20.7 Å². The molecule has 2 unspecified atom stereocenters. The van der Waals surface area contributed by atoms with E-state index in [1.165, 1.54) is 10.0 Å². The zero-order chi connectivity index (χ0) is 28.2. The second-order valence-electron chi connectivity index (χ2n) is 9.90. The average Bonchev–Trinajstić information content (AvgIpc) is 3.26. The van der Waals surface area contributed by atoms with Gasteiger partial charge in [-0.3, -0.25) is 29.0 Å². The van der Waals surface area contributed by atoms with E-state index in [0.717, 1.165) is 5.56 Å². The van der Waals surface area contributed by atoms with Crippen molar-refractivity contribution in [1.29, 1.82) is 0 Å². The van der Waals surface area contributed by atoms with Crippen LogP contribution in [-0.2, 0) is 35.3 Å². The van der Waals surface area contributed by atoms with E-state index in [2.05, 4.69) is 10.6 Å². The molecule has 3 fully saturated rings. The van der Waals surface area contributed by atoms with Crippen LogP contribution in [0.3, 0.4) is 0 Å². The lowest BCUT2D eigenvalue weighted by Crippen LogP contribution is -2.64. The molecular formula is C28H29ClN4O7. The van der Waals surface area contributed by atoms with Gasteiger partial charge in [0.25, 0.3) is 11.8 Å². The molecule has 5 rings (SSSR count). The van der Waals surface area contributed by atoms with Gasteiger partial charge in [-0.1, -0.05) is 41.9 Å². The van der Waals surface area contributed by atoms with Crippen LogP contribution < -0.4 is 10.6 Å². The first-order valence-electron chi connectivity index (χ1n) is 13.2. The van der Waals surface area contributed by atoms with Gasteiger partial charge in [-0.15, -0.1) is 0 Å². The molecule has 0 aliphatic carbocycles. The fourth-order valence-corrected chi connectivity index (χ4v) is 5.21. The summed E-state index contributed by atoms with van der Waals surface area (Å²) >= 11 is 5.92. The van der Waals surface area contributed by atoms with Crippen LogP contribution in [-0.4, -0.2) is 70.6 Å². The molecule has 3 aliphatic rings. The van der Waals surface area contributed by atoms with Gasteiger partial charge < -0.3 is 20.1 Å². The first-order chi connectivity index (χ1) is 19.3. The maximum absolute atomic E-state index is 13.7. The Balaban J connectivity index is 1.28. The second-order valence-corrected chi connectivity index (χ2v) is 10.3. The van der Waals surface area contributed by atoms with Crippen LogP contribution in [0.1, 0.15) is 48.0 Å². The molecule has 2 N–H and O–H groups in total. The zero-order valence-corrected chi connectivity index (χ0v) is 22.3. The number of hydrazine groups is 1. The van der Waals surface area contributed by atoms with E-state index >= 15 is 0 Å². The molecule has 3 saturated heterocycles. The van der Waals surface area contributed by atoms with Crippen molar-refractivity contribution in [3.63, 3.8) is 0 Å². The summed E-state index contributed by atoms with van der Waals surface area (Å²) in [4.78, 5) is 65.0. The molecule has 11 nitrogen and oxygen atoms in total. The van der Waals surface area contributed by atoms with Crippen LogP contribution in [0.25, 0.3) is 0 Å². The fourth-order valence-electron chi connectivity index (χ4n) is 5.08. The van der Waals surface area contributed by atoms with Crippen molar-refractivity contribution < 1.29 is 33.4 Å². The number of nitrogens with one attached hydrogen (secondary N) is 2. The number of hydrogen-bond acceptors (Lipinski definition) is 7. The first kappa shape index (κ1) is 27.6. The van der Waals surface area contributed by atoms with E-state index in [-0.39, 0.29) is 38.3 Å². The molecule has 12 heteroatoms. The summed E-state index contributed by atoms with van der Waals surface area (Å²) in [5.74, 6) is -2.35. The third-order valence-electron chi connectivity index (χ3n) is 7.12. The Hall–Kier alpha value is -3.96. The molecule has 4 amide bonds. The Kier molecular flexibility index (Phi) is 8.32. The molecule has 0 radical (unpaired) electrons. The number of cyclic esters (lactones) is 1. The molecule has 3 aliphatic heterocycles. The highest BCUT2D eigenvalue weighted by Crippen LogP contribution is 2.26. The van der Waals surface area contributed by atoms with Crippen LogP contribution in [0.5, 0.6) is 0 Å². The van der Waals surface area contributed by atoms with Gasteiger partial charge in [-0.05, 0) is 49.1 Å². The molecule has 0 spiro atoms. The molecule has 210 valence electrons. The Morgan fingerprint density at radius 2 is 1.75 bits per heavy atom. The van der Waals surface area contributed by atoms with E-state index in [1.807, 2.05) is 0 Å². The van der Waals surface area contributed by atoms with Crippen molar-refractivity contribution in [2.45, 2.75) is 63.1 Å². The Labute approximate surface area is 235 Å². The third kappa shape index (κ3) is 6.10. The smallest absolute Gasteiger partial charge is 0.310 e. The Morgan fingerprint density at radius 3 is 2.50 bits per heavy atom. The Bertz CT molecular complexity index is 1290. The molecule has 0 bridgehead atoms. The van der Waals surface area contributed by atoms with Gasteiger partial charge in [0.1, 0.15) is 18.1 Å². The maximum Gasteiger partial charge on any atom is 0.310 e. The molecule has 0 saturated carbocycles. The van der Waals surface area contributed by atoms with Crippen molar-refractivity contribution in [2.75, 3.05) is 6.54 Å². The van der Waals surface area contributed by atoms with Crippen LogP contribution in [0, 0.1) is 0 Å². The van der Waals surface area contributed by atoms with Crippen LogP contribution in [0.15, 0.2) is 54.6 Å². The highest BCUT2D eigenvalue weighted by atomic mass is 35.5. The van der Waals surface area contributed by atoms with Crippen molar-refractivity contribution >= 4 is 41.2 Å². The molecule has 40 heavy (non-hydrogen) atoms. The summed E-state index contributed by atoms with van der Waals surface area (Å²) in [6.07, 6.45) is -0.156. The summed E-state index contributed by atoms with van der Waals surface area (Å²) in [5.41, 5.74) is 1.18. The second kappa shape index (κ2) is 12.1. The van der Waals surface area contributed by atoms with Crippen LogP contribution in [0.4, 0.5) is 0 Å². The SMILES string of the molecule is O=C1C[C@H](NC(=O)C2CCCN3C(=O)CC[C@H](NC(=O)c4ccccc4)C(=O)N23)C(OCc2ccc(Cl)cc2)O1. The van der Waals surface area contributed by atoms with Crippen molar-refractivity contribution in [3.8, 4) is 0 Å². The number of fused-ring (bicyclic) bond motifs is 1. The summed E-state index contributed by atoms with van der Waals surface area (Å²) in [7, 11) is 0. The molecule has 2 aromatic carbocycles. The molecule has 4 atom stereocenters. The summed E-state index contributed by atoms with van der Waals surface area (Å²) in [5, 5.41) is 8.57. The molecule has 2 aromatic rings. The number of ether oxygens (including phenoxy) is 2. The van der Waals surface area contributed by atoms with Crippen LogP contribution >= 0.6 is 11.6 Å². The molecular weight excluding hydrogens is 540 g/mol. The van der Waals surface area contributed by atoms with Crippen molar-refractivity contribution in [3.05, 3.63) is 70.7 Å². The first-order valence-corrected chi connectivity index (χ1v) is 13.5. The van der Waals surface area contributed by atoms with E-state index in [9.17, 15) is 24.0 Å². The fraction of sp³-hybridized carbons (Fsp3) is 0.393. The van der Waals surface area contributed by atoms with Gasteiger partial charge in [-0.25, -0.2) is 5.01 Å². The minimum absolute atomic E-state index is 0.0435. The number of benzene rings is 2. The predicted molar refractivity (Wildman–Crippen MR) is 141 cm³/mol. The van der Waals surface area contributed by atoms with Crippen molar-refractivity contribution in [2.24, 2.45) is 0 Å². The van der Waals surface area contributed by atoms with Gasteiger partial charge in [0.15, 0.2) is 0 Å². The molecule has 3 heterocycles. The topological polar surface area (TPSA) is 134 Å². The standard InChI is InChI=1S/C28H29ClN4O7/c29-19-10-8-17(9-11-19)16-39-28-21(15-24(35)40-28)31-26(37)22-7-4-14-32-23(34)13-12-20(27(38)33(22)32)30-25(36)18-5-2-1-3-6-18/h1-3,5-6,8-11,20-22,28H,4,7,12-16H2,(H,30,36)(H,31,37)/t20-,21-,22?,28?/m0/s1. The van der Waals surface area contributed by atoms with Crippen LogP contribution in [0.2, 0.25) is 5.02 Å². The third-order valence-corrected chi connectivity index (χ3v) is 7.38. The monoisotopic (exact) mass is 568 g/mol. The number of halogens is 1. The lowest BCUT2D eigenvalue weighted by molar-refractivity contribution is -0.177. The van der Waals surface area contributed by atoms with Gasteiger partial charge in [0.05, 0.1) is 13.0 Å². The van der Waals surface area contributed by atoms with Gasteiger partial charge in [0, 0.05) is 23.6 Å². The quantitative estimate of drug-likeness (QED) is 0.487. The highest BCUT2D eigenvalue weighted by Gasteiger charge is 2.46. The number of nitrogens with zero attached hydrogens (tertiary/aromatic N) is 2. The number of hydrogen-bond donors (Lipinski definition) is 2. The van der Waals surface area contributed by atoms with Gasteiger partial charge in [0.2, 0.25) is 18.1 Å².